The molecule has 0 saturated carbocycles. The summed E-state index contributed by atoms with van der Waals surface area (Å²) in [5.74, 6) is 1.26. The van der Waals surface area contributed by atoms with E-state index >= 15 is 0 Å². The van der Waals surface area contributed by atoms with E-state index in [1.54, 1.807) is 13.1 Å². The van der Waals surface area contributed by atoms with Crippen molar-refractivity contribution < 1.29 is 0 Å². The zero-order chi connectivity index (χ0) is 20.7. The first kappa shape index (κ1) is 25.2. The first-order valence-electron chi connectivity index (χ1n) is 9.94. The second kappa shape index (κ2) is 12.0. The van der Waals surface area contributed by atoms with E-state index in [1.807, 2.05) is 42.4 Å². The van der Waals surface area contributed by atoms with Gasteiger partial charge in [-0.3, -0.25) is 14.5 Å². The largest absolute Gasteiger partial charge is 0.356 e. The van der Waals surface area contributed by atoms with Crippen LogP contribution in [0.5, 0.6) is 0 Å². The highest BCUT2D eigenvalue weighted by molar-refractivity contribution is 14.0. The Morgan fingerprint density at radius 2 is 2.03 bits per heavy atom. The predicted molar refractivity (Wildman–Crippen MR) is 130 cm³/mol. The number of aliphatic imine (C=N–C) groups is 1. The second-order valence-electron chi connectivity index (χ2n) is 7.56. The number of pyridine rings is 1. The molecule has 0 fully saturated rings. The van der Waals surface area contributed by atoms with Gasteiger partial charge in [0.15, 0.2) is 5.96 Å². The van der Waals surface area contributed by atoms with Gasteiger partial charge in [0.1, 0.15) is 0 Å². The lowest BCUT2D eigenvalue weighted by Crippen LogP contribution is -2.39. The van der Waals surface area contributed by atoms with Gasteiger partial charge in [0.25, 0.3) is 5.56 Å². The van der Waals surface area contributed by atoms with Gasteiger partial charge in [0.2, 0.25) is 0 Å². The molecule has 0 bridgehead atoms. The van der Waals surface area contributed by atoms with E-state index in [-0.39, 0.29) is 29.5 Å². The summed E-state index contributed by atoms with van der Waals surface area (Å²) in [6, 6.07) is 5.40. The number of aromatic nitrogens is 3. The Balaban J connectivity index is 0.00000420. The smallest absolute Gasteiger partial charge is 0.250 e. The molecule has 0 unspecified atom stereocenters. The maximum absolute atomic E-state index is 11.9. The van der Waals surface area contributed by atoms with E-state index in [9.17, 15) is 4.79 Å². The van der Waals surface area contributed by atoms with Crippen molar-refractivity contribution in [1.82, 2.24) is 24.6 Å². The third kappa shape index (κ3) is 7.17. The molecule has 162 valence electrons. The third-order valence-corrected chi connectivity index (χ3v) is 4.82. The van der Waals surface area contributed by atoms with Crippen LogP contribution >= 0.6 is 24.0 Å². The molecule has 0 saturated heterocycles. The molecule has 0 aliphatic heterocycles. The standard InChI is InChI=1S/C21H34N6O.HI/c1-16(2)20-18(15-26(6)24-20)14-25(5)21(22-4)23-12-7-8-13-27-17(3)10-9-11-19(27)28;/h9-11,15-16H,7-8,12-14H2,1-6H3,(H,22,23);1H. The van der Waals surface area contributed by atoms with E-state index in [0.29, 0.717) is 5.92 Å². The van der Waals surface area contributed by atoms with Gasteiger partial charge < -0.3 is 14.8 Å². The van der Waals surface area contributed by atoms with Crippen molar-refractivity contribution in [1.29, 1.82) is 0 Å². The Bertz CT molecular complexity index is 855. The number of hydrogen-bond donors (Lipinski definition) is 1. The fourth-order valence-electron chi connectivity index (χ4n) is 3.38. The number of unbranched alkanes of at least 4 members (excludes halogenated alkanes) is 1. The van der Waals surface area contributed by atoms with E-state index in [1.165, 1.54) is 5.56 Å². The number of hydrogen-bond acceptors (Lipinski definition) is 3. The van der Waals surface area contributed by atoms with Crippen LogP contribution in [0.4, 0.5) is 0 Å². The van der Waals surface area contributed by atoms with Crippen LogP contribution in [0, 0.1) is 6.92 Å². The lowest BCUT2D eigenvalue weighted by Gasteiger charge is -2.22. The van der Waals surface area contributed by atoms with E-state index < -0.39 is 0 Å². The monoisotopic (exact) mass is 514 g/mol. The normalized spacial score (nSPS) is 11.5. The molecule has 29 heavy (non-hydrogen) atoms. The molecule has 2 aromatic rings. The minimum absolute atomic E-state index is 0. The van der Waals surface area contributed by atoms with Gasteiger partial charge >= 0.3 is 0 Å². The summed E-state index contributed by atoms with van der Waals surface area (Å²) >= 11 is 0. The van der Waals surface area contributed by atoms with E-state index in [0.717, 1.165) is 49.8 Å². The Labute approximate surface area is 191 Å². The van der Waals surface area contributed by atoms with Crippen molar-refractivity contribution in [2.24, 2.45) is 12.0 Å². The number of guanidine groups is 1. The first-order valence-corrected chi connectivity index (χ1v) is 9.94. The summed E-state index contributed by atoms with van der Waals surface area (Å²) in [5, 5.41) is 8.00. The lowest BCUT2D eigenvalue weighted by molar-refractivity contribution is 0.469. The molecule has 0 spiro atoms. The van der Waals surface area contributed by atoms with Crippen molar-refractivity contribution >= 4 is 29.9 Å². The topological polar surface area (TPSA) is 67.5 Å². The number of halogens is 1. The summed E-state index contributed by atoms with van der Waals surface area (Å²) in [6.07, 6.45) is 4.00. The highest BCUT2D eigenvalue weighted by Gasteiger charge is 2.14. The fraction of sp³-hybridized carbons (Fsp3) is 0.571. The average Bonchev–Trinajstić information content (AvgIpc) is 3.00. The molecule has 0 aliphatic carbocycles. The molecule has 2 rings (SSSR count). The lowest BCUT2D eigenvalue weighted by atomic mass is 10.1. The van der Waals surface area contributed by atoms with Gasteiger partial charge in [-0.2, -0.15) is 5.10 Å². The molecule has 0 aromatic carbocycles. The minimum Gasteiger partial charge on any atom is -0.356 e. The highest BCUT2D eigenvalue weighted by atomic mass is 127. The van der Waals surface area contributed by atoms with Crippen LogP contribution in [-0.2, 0) is 20.1 Å². The number of nitrogens with zero attached hydrogens (tertiary/aromatic N) is 5. The van der Waals surface area contributed by atoms with Gasteiger partial charge in [0.05, 0.1) is 5.69 Å². The first-order chi connectivity index (χ1) is 13.3. The Hall–Kier alpha value is -1.84. The van der Waals surface area contributed by atoms with Gasteiger partial charge in [-0.15, -0.1) is 24.0 Å². The maximum atomic E-state index is 11.9. The zero-order valence-corrected chi connectivity index (χ0v) is 20.8. The molecule has 7 nitrogen and oxygen atoms in total. The Morgan fingerprint density at radius 3 is 2.66 bits per heavy atom. The molecule has 0 amide bonds. The molecule has 0 aliphatic rings. The average molecular weight is 514 g/mol. The van der Waals surface area contributed by atoms with Crippen LogP contribution in [0.15, 0.2) is 34.2 Å². The molecule has 0 atom stereocenters. The van der Waals surface area contributed by atoms with E-state index in [2.05, 4.69) is 40.4 Å². The van der Waals surface area contributed by atoms with Crippen LogP contribution in [0.2, 0.25) is 0 Å². The van der Waals surface area contributed by atoms with E-state index in [4.69, 9.17) is 0 Å². The van der Waals surface area contributed by atoms with Crippen LogP contribution < -0.4 is 10.9 Å². The quantitative estimate of drug-likeness (QED) is 0.255. The molecule has 2 heterocycles. The summed E-state index contributed by atoms with van der Waals surface area (Å²) < 4.78 is 3.71. The zero-order valence-electron chi connectivity index (χ0n) is 18.5. The number of nitrogens with one attached hydrogen (secondary N) is 1. The SMILES string of the molecule is CN=C(NCCCCn1c(C)cccc1=O)N(C)Cc1cn(C)nc1C(C)C.I. The van der Waals surface area contributed by atoms with Crippen LogP contribution in [0.3, 0.4) is 0 Å². The van der Waals surface area contributed by atoms with Crippen LogP contribution in [0.25, 0.3) is 0 Å². The van der Waals surface area contributed by atoms with Gasteiger partial charge in [-0.25, -0.2) is 0 Å². The predicted octanol–water partition coefficient (Wildman–Crippen LogP) is 3.12. The number of aryl methyl sites for hydroxylation is 2. The molecular formula is C21H35IN6O. The summed E-state index contributed by atoms with van der Waals surface area (Å²) in [4.78, 5) is 18.4. The summed E-state index contributed by atoms with van der Waals surface area (Å²) in [6.45, 7) is 8.63. The van der Waals surface area contributed by atoms with Crippen molar-refractivity contribution in [3.05, 3.63) is 51.7 Å². The van der Waals surface area contributed by atoms with Crippen molar-refractivity contribution in [3.63, 3.8) is 0 Å². The van der Waals surface area contributed by atoms with Gasteiger partial charge in [0, 0.05) is 64.3 Å². The summed E-state index contributed by atoms with van der Waals surface area (Å²) in [5.41, 5.74) is 3.43. The number of rotatable bonds is 8. The fourth-order valence-corrected chi connectivity index (χ4v) is 3.38. The van der Waals surface area contributed by atoms with Crippen molar-refractivity contribution in [3.8, 4) is 0 Å². The third-order valence-electron chi connectivity index (χ3n) is 4.82. The van der Waals surface area contributed by atoms with Crippen molar-refractivity contribution in [2.75, 3.05) is 20.6 Å². The molecule has 0 radical (unpaired) electrons. The summed E-state index contributed by atoms with van der Waals surface area (Å²) in [7, 11) is 5.81. The maximum Gasteiger partial charge on any atom is 0.250 e. The second-order valence-corrected chi connectivity index (χ2v) is 7.56. The molecule has 8 heteroatoms. The highest BCUT2D eigenvalue weighted by Crippen LogP contribution is 2.18. The molecule has 1 N–H and O–H groups in total. The van der Waals surface area contributed by atoms with Crippen molar-refractivity contribution in [2.45, 2.75) is 52.6 Å². The molecule has 2 aromatic heterocycles. The Morgan fingerprint density at radius 1 is 1.31 bits per heavy atom. The van der Waals surface area contributed by atoms with Gasteiger partial charge in [-0.05, 0) is 31.7 Å². The van der Waals surface area contributed by atoms with Crippen LogP contribution in [-0.4, -0.2) is 45.8 Å². The Kier molecular flexibility index (Phi) is 10.4. The molecular weight excluding hydrogens is 479 g/mol. The van der Waals surface area contributed by atoms with Crippen LogP contribution in [0.1, 0.15) is 49.6 Å². The minimum atomic E-state index is 0. The van der Waals surface area contributed by atoms with Gasteiger partial charge in [-0.1, -0.05) is 19.9 Å².